The summed E-state index contributed by atoms with van der Waals surface area (Å²) in [6.45, 7) is 0.806. The molecule has 0 atom stereocenters. The summed E-state index contributed by atoms with van der Waals surface area (Å²) in [6, 6.07) is 6.87. The minimum absolute atomic E-state index is 0.194. The van der Waals surface area contributed by atoms with Crippen molar-refractivity contribution in [1.29, 1.82) is 0 Å². The molecule has 1 aromatic carbocycles. The van der Waals surface area contributed by atoms with Gasteiger partial charge in [-0.3, -0.25) is 4.90 Å². The summed E-state index contributed by atoms with van der Waals surface area (Å²) in [5.41, 5.74) is 2.35. The lowest BCUT2D eigenvalue weighted by Gasteiger charge is -2.34. The molecule has 2 fully saturated rings. The molecular formula is C26H24ClF3N4OS. The zero-order valence-corrected chi connectivity index (χ0v) is 20.9. The number of rotatable bonds is 5. The van der Waals surface area contributed by atoms with Crippen molar-refractivity contribution >= 4 is 34.0 Å². The van der Waals surface area contributed by atoms with Crippen LogP contribution < -0.4 is 0 Å². The van der Waals surface area contributed by atoms with Gasteiger partial charge in [0.2, 0.25) is 0 Å². The molecule has 0 bridgehead atoms. The number of aromatic amines is 1. The van der Waals surface area contributed by atoms with Crippen LogP contribution in [0.2, 0.25) is 5.02 Å². The molecule has 0 unspecified atom stereocenters. The number of aromatic nitrogens is 3. The van der Waals surface area contributed by atoms with Crippen LogP contribution in [0, 0.1) is 5.82 Å². The summed E-state index contributed by atoms with van der Waals surface area (Å²) in [4.78, 5) is 14.8. The van der Waals surface area contributed by atoms with Gasteiger partial charge in [-0.25, -0.2) is 23.1 Å². The monoisotopic (exact) mass is 532 g/mol. The molecule has 10 heteroatoms. The zero-order chi connectivity index (χ0) is 25.1. The Morgan fingerprint density at radius 3 is 2.56 bits per heavy atom. The number of likely N-dealkylation sites (tertiary alicyclic amines) is 1. The van der Waals surface area contributed by atoms with Crippen molar-refractivity contribution in [2.24, 2.45) is 0 Å². The van der Waals surface area contributed by atoms with Gasteiger partial charge in [-0.05, 0) is 31.4 Å². The molecule has 5 nitrogen and oxygen atoms in total. The van der Waals surface area contributed by atoms with Gasteiger partial charge in [-0.2, -0.15) is 0 Å². The SMILES string of the molecule is OC1(c2ncc(-c3c(Cl)cnc4[nH]c(-c5ccc(CN6CCC(F)(F)CC6)c(F)c5)cc34)s2)CCC1. The van der Waals surface area contributed by atoms with E-state index in [1.54, 1.807) is 18.5 Å². The predicted octanol–water partition coefficient (Wildman–Crippen LogP) is 6.75. The van der Waals surface area contributed by atoms with E-state index >= 15 is 4.39 Å². The average Bonchev–Trinajstić information content (AvgIpc) is 3.48. The maximum Gasteiger partial charge on any atom is 0.250 e. The van der Waals surface area contributed by atoms with E-state index in [1.165, 1.54) is 17.4 Å². The van der Waals surface area contributed by atoms with Gasteiger partial charge in [0.1, 0.15) is 22.1 Å². The summed E-state index contributed by atoms with van der Waals surface area (Å²) in [6.07, 6.45) is 5.31. The summed E-state index contributed by atoms with van der Waals surface area (Å²) < 4.78 is 41.9. The van der Waals surface area contributed by atoms with Crippen LogP contribution in [0.3, 0.4) is 0 Å². The fraction of sp³-hybridized carbons (Fsp3) is 0.385. The fourth-order valence-corrected chi connectivity index (χ4v) is 6.35. The Morgan fingerprint density at radius 2 is 1.86 bits per heavy atom. The number of halogens is 4. The van der Waals surface area contributed by atoms with E-state index in [9.17, 15) is 13.9 Å². The molecule has 1 saturated carbocycles. The number of aliphatic hydroxyl groups is 1. The number of hydrogen-bond acceptors (Lipinski definition) is 5. The highest BCUT2D eigenvalue weighted by molar-refractivity contribution is 7.15. The number of thiazole rings is 1. The molecule has 4 aromatic rings. The van der Waals surface area contributed by atoms with E-state index in [2.05, 4.69) is 15.0 Å². The highest BCUT2D eigenvalue weighted by atomic mass is 35.5. The molecule has 4 heterocycles. The number of benzene rings is 1. The van der Waals surface area contributed by atoms with Crippen LogP contribution in [0.25, 0.3) is 32.7 Å². The first-order chi connectivity index (χ1) is 17.2. The predicted molar refractivity (Wildman–Crippen MR) is 135 cm³/mol. The number of hydrogen-bond donors (Lipinski definition) is 2. The second-order valence-corrected chi connectivity index (χ2v) is 11.2. The Kier molecular flexibility index (Phi) is 5.87. The lowest BCUT2D eigenvalue weighted by molar-refractivity contribution is -0.0567. The number of nitrogens with one attached hydrogen (secondary N) is 1. The smallest absolute Gasteiger partial charge is 0.250 e. The highest BCUT2D eigenvalue weighted by Gasteiger charge is 2.39. The summed E-state index contributed by atoms with van der Waals surface area (Å²) in [7, 11) is 0. The van der Waals surface area contributed by atoms with Crippen molar-refractivity contribution < 1.29 is 18.3 Å². The maximum absolute atomic E-state index is 15.0. The largest absolute Gasteiger partial charge is 0.383 e. The van der Waals surface area contributed by atoms with Crippen molar-refractivity contribution in [1.82, 2.24) is 19.9 Å². The first-order valence-corrected chi connectivity index (χ1v) is 13.2. The molecular weight excluding hydrogens is 509 g/mol. The van der Waals surface area contributed by atoms with E-state index in [4.69, 9.17) is 11.6 Å². The van der Waals surface area contributed by atoms with Gasteiger partial charge in [-0.1, -0.05) is 23.7 Å². The molecule has 1 saturated heterocycles. The zero-order valence-electron chi connectivity index (χ0n) is 19.3. The summed E-state index contributed by atoms with van der Waals surface area (Å²) in [5, 5.41) is 12.6. The standard InChI is InChI=1S/C26H24ClF3N4OS/c27-18-12-31-23-17(22(18)21-13-32-24(36-21)25(35)4-1-5-25)11-20(33-23)15-2-3-16(19(28)10-15)14-34-8-6-26(29,30)7-9-34/h2-3,10-13,35H,1,4-9,14H2,(H,31,33). The van der Waals surface area contributed by atoms with Gasteiger partial charge < -0.3 is 10.1 Å². The second kappa shape index (κ2) is 8.83. The number of pyridine rings is 1. The topological polar surface area (TPSA) is 65.0 Å². The van der Waals surface area contributed by atoms with Crippen molar-refractivity contribution in [2.45, 2.75) is 50.2 Å². The Labute approximate surface area is 215 Å². The van der Waals surface area contributed by atoms with E-state index in [0.29, 0.717) is 51.9 Å². The van der Waals surface area contributed by atoms with E-state index < -0.39 is 11.5 Å². The van der Waals surface area contributed by atoms with E-state index in [-0.39, 0.29) is 31.7 Å². The molecule has 2 N–H and O–H groups in total. The average molecular weight is 533 g/mol. The number of H-pyrrole nitrogens is 1. The Hall–Kier alpha value is -2.46. The molecule has 6 rings (SSSR count). The minimum atomic E-state index is -2.62. The molecule has 0 amide bonds. The number of nitrogens with zero attached hydrogens (tertiary/aromatic N) is 3. The van der Waals surface area contributed by atoms with Crippen LogP contribution in [0.5, 0.6) is 0 Å². The van der Waals surface area contributed by atoms with Gasteiger partial charge in [0, 0.05) is 72.6 Å². The van der Waals surface area contributed by atoms with Gasteiger partial charge in [0.15, 0.2) is 0 Å². The van der Waals surface area contributed by atoms with Crippen LogP contribution in [0.15, 0.2) is 36.7 Å². The van der Waals surface area contributed by atoms with Crippen LogP contribution in [0.1, 0.15) is 42.7 Å². The number of alkyl halides is 2. The van der Waals surface area contributed by atoms with Gasteiger partial charge >= 0.3 is 0 Å². The summed E-state index contributed by atoms with van der Waals surface area (Å²) >= 11 is 7.97. The van der Waals surface area contributed by atoms with Gasteiger partial charge in [0.05, 0.1) is 9.90 Å². The van der Waals surface area contributed by atoms with Crippen LogP contribution in [0.4, 0.5) is 13.2 Å². The minimum Gasteiger partial charge on any atom is -0.383 e. The third-order valence-corrected chi connectivity index (χ3v) is 8.78. The second-order valence-electron chi connectivity index (χ2n) is 9.78. The van der Waals surface area contributed by atoms with Crippen LogP contribution in [-0.4, -0.2) is 44.0 Å². The number of piperidine rings is 1. The summed E-state index contributed by atoms with van der Waals surface area (Å²) in [5.74, 6) is -3.00. The third-order valence-electron chi connectivity index (χ3n) is 7.29. The Bertz CT molecular complexity index is 1440. The van der Waals surface area contributed by atoms with Gasteiger partial charge in [0.25, 0.3) is 5.92 Å². The third kappa shape index (κ3) is 4.32. The molecule has 0 spiro atoms. The van der Waals surface area contributed by atoms with E-state index in [0.717, 1.165) is 22.2 Å². The number of fused-ring (bicyclic) bond motifs is 1. The van der Waals surface area contributed by atoms with Crippen molar-refractivity contribution in [3.63, 3.8) is 0 Å². The molecule has 2 aliphatic rings. The van der Waals surface area contributed by atoms with Crippen LogP contribution >= 0.6 is 22.9 Å². The fourth-order valence-electron chi connectivity index (χ4n) is 4.91. The van der Waals surface area contributed by atoms with Crippen molar-refractivity contribution in [2.75, 3.05) is 13.1 Å². The Balaban J connectivity index is 1.29. The normalized spacial score (nSPS) is 19.5. The maximum atomic E-state index is 15.0. The first-order valence-electron chi connectivity index (χ1n) is 12.0. The van der Waals surface area contributed by atoms with E-state index in [1.807, 2.05) is 17.0 Å². The molecule has 36 heavy (non-hydrogen) atoms. The van der Waals surface area contributed by atoms with Crippen LogP contribution in [-0.2, 0) is 12.1 Å². The molecule has 0 radical (unpaired) electrons. The molecule has 188 valence electrons. The Morgan fingerprint density at radius 1 is 1.08 bits per heavy atom. The molecule has 3 aromatic heterocycles. The van der Waals surface area contributed by atoms with Gasteiger partial charge in [-0.15, -0.1) is 11.3 Å². The quantitative estimate of drug-likeness (QED) is 0.298. The lowest BCUT2D eigenvalue weighted by atomic mass is 9.81. The lowest BCUT2D eigenvalue weighted by Crippen LogP contribution is -2.38. The van der Waals surface area contributed by atoms with Crippen molar-refractivity contribution in [3.05, 3.63) is 58.1 Å². The molecule has 1 aliphatic heterocycles. The highest BCUT2D eigenvalue weighted by Crippen LogP contribution is 2.46. The first kappa shape index (κ1) is 23.9. The van der Waals surface area contributed by atoms with Crippen molar-refractivity contribution in [3.8, 4) is 21.7 Å². The molecule has 1 aliphatic carbocycles.